The summed E-state index contributed by atoms with van der Waals surface area (Å²) < 4.78 is 5.28. The molecule has 3 N–H and O–H groups in total. The Balaban J connectivity index is 1.15. The first-order valence-corrected chi connectivity index (χ1v) is 16.2. The number of piperidine rings is 1. The predicted octanol–water partition coefficient (Wildman–Crippen LogP) is 4.67. The van der Waals surface area contributed by atoms with Gasteiger partial charge in [0, 0.05) is 54.1 Å². The summed E-state index contributed by atoms with van der Waals surface area (Å²) in [6.07, 6.45) is 7.25. The average Bonchev–Trinajstić information content (AvgIpc) is 3.61. The topological polar surface area (TPSA) is 145 Å². The molecule has 1 saturated heterocycles. The molecule has 0 radical (unpaired) electrons. The number of rotatable bonds is 5. The lowest BCUT2D eigenvalue weighted by Gasteiger charge is -2.35. The van der Waals surface area contributed by atoms with Gasteiger partial charge in [-0.3, -0.25) is 19.1 Å². The Kier molecular flexibility index (Phi) is 7.65. The number of carbonyl (C=O) groups is 2. The Morgan fingerprint density at radius 2 is 1.74 bits per heavy atom. The lowest BCUT2D eigenvalue weighted by Crippen LogP contribution is -2.43. The molecule has 0 bridgehead atoms. The largest absolute Gasteiger partial charge is 0.382 e. The second-order valence-electron chi connectivity index (χ2n) is 13.4. The molecule has 0 unspecified atom stereocenters. The minimum atomic E-state index is -0.436. The van der Waals surface area contributed by atoms with Crippen LogP contribution in [0.25, 0.3) is 22.5 Å². The van der Waals surface area contributed by atoms with Crippen LogP contribution in [-0.4, -0.2) is 58.7 Å². The highest BCUT2D eigenvalue weighted by atomic mass is 16.2. The van der Waals surface area contributed by atoms with E-state index in [-0.39, 0.29) is 22.9 Å². The van der Waals surface area contributed by atoms with Crippen LogP contribution in [-0.2, 0) is 17.8 Å². The van der Waals surface area contributed by atoms with Gasteiger partial charge in [0.05, 0.1) is 5.69 Å². The molecule has 12 nitrogen and oxygen atoms in total. The van der Waals surface area contributed by atoms with E-state index in [2.05, 4.69) is 26.4 Å². The van der Waals surface area contributed by atoms with Crippen LogP contribution in [0.4, 0.5) is 11.5 Å². The van der Waals surface area contributed by atoms with E-state index in [0.717, 1.165) is 53.7 Å². The summed E-state index contributed by atoms with van der Waals surface area (Å²) in [6.45, 7) is 7.90. The summed E-state index contributed by atoms with van der Waals surface area (Å²) in [5.41, 5.74) is 10.6. The van der Waals surface area contributed by atoms with Crippen LogP contribution < -0.4 is 16.6 Å². The van der Waals surface area contributed by atoms with Crippen LogP contribution in [0.1, 0.15) is 74.1 Å². The fourth-order valence-corrected chi connectivity index (χ4v) is 6.95. The highest BCUT2D eigenvalue weighted by Gasteiger charge is 2.33. The molecule has 0 aliphatic carbocycles. The van der Waals surface area contributed by atoms with Gasteiger partial charge in [-0.15, -0.1) is 0 Å². The van der Waals surface area contributed by atoms with Gasteiger partial charge in [-0.1, -0.05) is 39.0 Å². The van der Waals surface area contributed by atoms with Crippen LogP contribution in [0.2, 0.25) is 0 Å². The molecule has 12 heteroatoms. The van der Waals surface area contributed by atoms with Gasteiger partial charge >= 0.3 is 0 Å². The molecule has 47 heavy (non-hydrogen) atoms. The van der Waals surface area contributed by atoms with Crippen LogP contribution in [0.5, 0.6) is 0 Å². The molecule has 5 aromatic rings. The molecular weight excluding hydrogens is 594 g/mol. The SMILES string of the molecule is CC(C)(C)C(=O)N1CCC(c2cc(-c3ccc(NC(=O)c4c5n(n(-c6ccccn6)c4=O)CCCC5)cc3)c3c(N)ncnn23)CC1. The maximum absolute atomic E-state index is 13.6. The number of carbonyl (C=O) groups excluding carboxylic acids is 2. The molecule has 0 saturated carbocycles. The fourth-order valence-electron chi connectivity index (χ4n) is 6.95. The van der Waals surface area contributed by atoms with Crippen molar-refractivity contribution in [2.45, 2.75) is 65.3 Å². The normalized spacial score (nSPS) is 15.5. The van der Waals surface area contributed by atoms with E-state index < -0.39 is 11.3 Å². The number of hydrogen-bond acceptors (Lipinski definition) is 7. The Labute approximate surface area is 272 Å². The summed E-state index contributed by atoms with van der Waals surface area (Å²) in [5, 5.41) is 7.51. The Morgan fingerprint density at radius 3 is 2.45 bits per heavy atom. The van der Waals surface area contributed by atoms with E-state index >= 15 is 0 Å². The number of benzene rings is 1. The molecule has 242 valence electrons. The third-order valence-electron chi connectivity index (χ3n) is 9.28. The maximum Gasteiger partial charge on any atom is 0.285 e. The first kappa shape index (κ1) is 30.4. The van der Waals surface area contributed by atoms with E-state index in [9.17, 15) is 14.4 Å². The number of hydrogen-bond donors (Lipinski definition) is 2. The number of anilines is 2. The molecule has 1 fully saturated rings. The second kappa shape index (κ2) is 11.8. The summed E-state index contributed by atoms with van der Waals surface area (Å²) in [7, 11) is 0. The molecule has 2 aliphatic heterocycles. The van der Waals surface area contributed by atoms with Crippen LogP contribution >= 0.6 is 0 Å². The van der Waals surface area contributed by atoms with Crippen molar-refractivity contribution < 1.29 is 9.59 Å². The molecular formula is C35H39N9O3. The molecule has 7 rings (SSSR count). The van der Waals surface area contributed by atoms with Crippen molar-refractivity contribution in [3.8, 4) is 16.9 Å². The number of nitrogens with zero attached hydrogens (tertiary/aromatic N) is 7. The average molecular weight is 634 g/mol. The second-order valence-corrected chi connectivity index (χ2v) is 13.4. The number of nitrogens with two attached hydrogens (primary N) is 1. The third-order valence-corrected chi connectivity index (χ3v) is 9.28. The fraction of sp³-hybridized carbons (Fsp3) is 0.371. The van der Waals surface area contributed by atoms with Crippen molar-refractivity contribution in [3.63, 3.8) is 0 Å². The third kappa shape index (κ3) is 5.47. The summed E-state index contributed by atoms with van der Waals surface area (Å²) in [5.74, 6) is 0.813. The van der Waals surface area contributed by atoms with E-state index in [1.165, 1.54) is 11.0 Å². The van der Waals surface area contributed by atoms with Gasteiger partial charge < -0.3 is 16.0 Å². The number of likely N-dealkylation sites (tertiary alicyclic amines) is 1. The van der Waals surface area contributed by atoms with Crippen molar-refractivity contribution in [1.29, 1.82) is 0 Å². The zero-order valence-electron chi connectivity index (χ0n) is 26.9. The van der Waals surface area contributed by atoms with Gasteiger partial charge in [0.2, 0.25) is 5.91 Å². The highest BCUT2D eigenvalue weighted by molar-refractivity contribution is 6.05. The molecule has 0 spiro atoms. The van der Waals surface area contributed by atoms with Crippen LogP contribution in [0.15, 0.2) is 65.8 Å². The molecule has 0 atom stereocenters. The molecule has 6 heterocycles. The predicted molar refractivity (Wildman–Crippen MR) is 180 cm³/mol. The molecule has 2 amide bonds. The first-order valence-electron chi connectivity index (χ1n) is 16.2. The number of fused-ring (bicyclic) bond motifs is 2. The zero-order chi connectivity index (χ0) is 32.9. The minimum absolute atomic E-state index is 0.155. The van der Waals surface area contributed by atoms with Gasteiger partial charge in [0.1, 0.15) is 17.4 Å². The molecule has 1 aromatic carbocycles. The Bertz CT molecular complexity index is 2030. The van der Waals surface area contributed by atoms with E-state index in [1.54, 1.807) is 18.3 Å². The van der Waals surface area contributed by atoms with Crippen molar-refractivity contribution in [1.82, 2.24) is 33.8 Å². The quantitative estimate of drug-likeness (QED) is 0.286. The van der Waals surface area contributed by atoms with Gasteiger partial charge in [-0.2, -0.15) is 9.78 Å². The number of pyridine rings is 1. The number of nitrogen functional groups attached to an aromatic ring is 1. The van der Waals surface area contributed by atoms with Gasteiger partial charge in [0.25, 0.3) is 11.5 Å². The van der Waals surface area contributed by atoms with Gasteiger partial charge in [-0.25, -0.2) is 14.5 Å². The summed E-state index contributed by atoms with van der Waals surface area (Å²) in [4.78, 5) is 50.7. The van der Waals surface area contributed by atoms with Crippen molar-refractivity contribution in [2.75, 3.05) is 24.1 Å². The van der Waals surface area contributed by atoms with E-state index in [4.69, 9.17) is 5.73 Å². The zero-order valence-corrected chi connectivity index (χ0v) is 26.9. The van der Waals surface area contributed by atoms with Crippen LogP contribution in [0.3, 0.4) is 0 Å². The van der Waals surface area contributed by atoms with Crippen molar-refractivity contribution >= 4 is 28.8 Å². The lowest BCUT2D eigenvalue weighted by atomic mass is 9.89. The number of nitrogens with one attached hydrogen (secondary N) is 1. The Morgan fingerprint density at radius 1 is 0.979 bits per heavy atom. The monoisotopic (exact) mass is 633 g/mol. The number of aromatic nitrogens is 6. The lowest BCUT2D eigenvalue weighted by molar-refractivity contribution is -0.140. The summed E-state index contributed by atoms with van der Waals surface area (Å²) in [6, 6.07) is 15.0. The summed E-state index contributed by atoms with van der Waals surface area (Å²) >= 11 is 0. The van der Waals surface area contributed by atoms with Crippen LogP contribution in [0, 0.1) is 5.41 Å². The standard InChI is InChI=1S/C35H39N9O3/c1-35(2,3)34(47)41-18-14-23(15-19-41)27-20-25(30-31(36)38-21-39-43(27)30)22-10-12-24(13-11-22)40-32(45)29-26-8-5-7-17-42(26)44(33(29)46)28-9-4-6-16-37-28/h4,6,9-13,16,20-21,23H,5,7-8,14-15,17-19H2,1-3H3,(H,40,45)(H2,36,38,39). The molecule has 2 aliphatic rings. The molecule has 4 aromatic heterocycles. The van der Waals surface area contributed by atoms with Crippen molar-refractivity contribution in [3.05, 3.63) is 88.4 Å². The maximum atomic E-state index is 13.6. The van der Waals surface area contributed by atoms with E-state index in [1.807, 2.05) is 65.2 Å². The minimum Gasteiger partial charge on any atom is -0.382 e. The Hall–Kier alpha value is -5.26. The van der Waals surface area contributed by atoms with E-state index in [0.29, 0.717) is 43.4 Å². The van der Waals surface area contributed by atoms with Gasteiger partial charge in [0.15, 0.2) is 11.6 Å². The van der Waals surface area contributed by atoms with Crippen molar-refractivity contribution in [2.24, 2.45) is 5.41 Å². The smallest absolute Gasteiger partial charge is 0.285 e. The number of amides is 2. The highest BCUT2D eigenvalue weighted by Crippen LogP contribution is 2.37. The van der Waals surface area contributed by atoms with Gasteiger partial charge in [-0.05, 0) is 68.0 Å². The first-order chi connectivity index (χ1) is 22.6.